The lowest BCUT2D eigenvalue weighted by Gasteiger charge is -2.10. The molecule has 1 saturated carbocycles. The molecule has 1 aliphatic rings. The van der Waals surface area contributed by atoms with E-state index in [1.54, 1.807) is 45.2 Å². The van der Waals surface area contributed by atoms with Gasteiger partial charge in [-0.25, -0.2) is 4.98 Å². The van der Waals surface area contributed by atoms with Crippen LogP contribution in [0.3, 0.4) is 0 Å². The van der Waals surface area contributed by atoms with E-state index in [2.05, 4.69) is 20.4 Å². The lowest BCUT2D eigenvalue weighted by molar-refractivity contribution is -0.118. The molecular formula is C21H23N5O4. The van der Waals surface area contributed by atoms with E-state index in [0.29, 0.717) is 34.5 Å². The van der Waals surface area contributed by atoms with Crippen LogP contribution in [0.4, 0.5) is 5.82 Å². The molecule has 2 N–H and O–H groups in total. The van der Waals surface area contributed by atoms with Gasteiger partial charge in [-0.05, 0) is 38.8 Å². The second kappa shape index (κ2) is 8.02. The number of amides is 1. The van der Waals surface area contributed by atoms with Gasteiger partial charge in [0, 0.05) is 29.3 Å². The van der Waals surface area contributed by atoms with Crippen molar-refractivity contribution in [1.82, 2.24) is 19.7 Å². The number of methoxy groups -OCH3 is 1. The molecule has 1 fully saturated rings. The van der Waals surface area contributed by atoms with Gasteiger partial charge in [0.15, 0.2) is 6.61 Å². The lowest BCUT2D eigenvalue weighted by Crippen LogP contribution is -2.23. The van der Waals surface area contributed by atoms with Crippen LogP contribution in [0, 0.1) is 13.8 Å². The molecule has 156 valence electrons. The van der Waals surface area contributed by atoms with E-state index in [0.717, 1.165) is 18.5 Å². The van der Waals surface area contributed by atoms with Crippen molar-refractivity contribution in [2.24, 2.45) is 0 Å². The molecule has 3 aromatic rings. The summed E-state index contributed by atoms with van der Waals surface area (Å²) in [6.45, 7) is 3.29. The van der Waals surface area contributed by atoms with Crippen LogP contribution in [0.5, 0.6) is 11.5 Å². The minimum Gasteiger partial charge on any atom is -0.497 e. The number of aromatic nitrogens is 4. The molecule has 0 aliphatic heterocycles. The molecule has 1 aliphatic carbocycles. The molecular weight excluding hydrogens is 386 g/mol. The average Bonchev–Trinajstić information content (AvgIpc) is 3.51. The second-order valence-electron chi connectivity index (χ2n) is 7.26. The summed E-state index contributed by atoms with van der Waals surface area (Å²) in [6, 6.07) is 8.84. The molecule has 0 atom stereocenters. The highest BCUT2D eigenvalue weighted by molar-refractivity contribution is 5.91. The Morgan fingerprint density at radius 3 is 2.73 bits per heavy atom. The summed E-state index contributed by atoms with van der Waals surface area (Å²) in [6.07, 6.45) is 2.11. The molecule has 1 aromatic carbocycles. The Bertz CT molecular complexity index is 1150. The van der Waals surface area contributed by atoms with E-state index in [4.69, 9.17) is 9.47 Å². The summed E-state index contributed by atoms with van der Waals surface area (Å²) >= 11 is 0. The summed E-state index contributed by atoms with van der Waals surface area (Å²) in [5.41, 5.74) is 1.78. The molecule has 2 aromatic heterocycles. The number of carbonyl (C=O) groups excluding carboxylic acids is 1. The van der Waals surface area contributed by atoms with E-state index in [9.17, 15) is 9.59 Å². The summed E-state index contributed by atoms with van der Waals surface area (Å²) in [4.78, 5) is 31.8. The summed E-state index contributed by atoms with van der Waals surface area (Å²) in [5, 5.41) is 7.37. The molecule has 0 radical (unpaired) electrons. The number of ether oxygens (including phenoxy) is 2. The zero-order chi connectivity index (χ0) is 21.3. The van der Waals surface area contributed by atoms with Crippen LogP contribution in [0.15, 0.2) is 35.1 Å². The number of H-pyrrole nitrogens is 1. The SMILES string of the molecule is COc1cccc(OCC(=O)Nc2cc(C3CC3)nn2-c2nc(C)c(C)c(=O)[nH]2)c1. The van der Waals surface area contributed by atoms with Crippen LogP contribution in [0.25, 0.3) is 5.95 Å². The van der Waals surface area contributed by atoms with Gasteiger partial charge in [-0.15, -0.1) is 0 Å². The standard InChI is InChI=1S/C21H23N5O4/c1-12-13(2)22-21(24-20(12)28)26-18(10-17(25-26)14-7-8-14)23-19(27)11-30-16-6-4-5-15(9-16)29-3/h4-6,9-10,14H,7-8,11H2,1-3H3,(H,23,27)(H,22,24,28). The van der Waals surface area contributed by atoms with Crippen LogP contribution in [-0.2, 0) is 4.79 Å². The predicted octanol–water partition coefficient (Wildman–Crippen LogP) is 2.48. The molecule has 2 heterocycles. The number of nitrogens with one attached hydrogen (secondary N) is 2. The van der Waals surface area contributed by atoms with Crippen LogP contribution in [-0.4, -0.2) is 39.4 Å². The second-order valence-corrected chi connectivity index (χ2v) is 7.26. The molecule has 1 amide bonds. The van der Waals surface area contributed by atoms with E-state index in [-0.39, 0.29) is 24.0 Å². The van der Waals surface area contributed by atoms with Crippen LogP contribution in [0.2, 0.25) is 0 Å². The number of benzene rings is 1. The van der Waals surface area contributed by atoms with Gasteiger partial charge in [-0.2, -0.15) is 9.78 Å². The van der Waals surface area contributed by atoms with Crippen LogP contribution < -0.4 is 20.3 Å². The summed E-state index contributed by atoms with van der Waals surface area (Å²) in [5.74, 6) is 1.88. The zero-order valence-electron chi connectivity index (χ0n) is 17.1. The fourth-order valence-corrected chi connectivity index (χ4v) is 2.98. The maximum Gasteiger partial charge on any atom is 0.263 e. The molecule has 0 spiro atoms. The van der Waals surface area contributed by atoms with Crippen molar-refractivity contribution in [2.75, 3.05) is 19.0 Å². The van der Waals surface area contributed by atoms with Gasteiger partial charge in [0.1, 0.15) is 17.3 Å². The highest BCUT2D eigenvalue weighted by atomic mass is 16.5. The van der Waals surface area contributed by atoms with Crippen molar-refractivity contribution < 1.29 is 14.3 Å². The topological polar surface area (TPSA) is 111 Å². The van der Waals surface area contributed by atoms with E-state index >= 15 is 0 Å². The Morgan fingerprint density at radius 1 is 1.27 bits per heavy atom. The van der Waals surface area contributed by atoms with E-state index in [1.807, 2.05) is 6.07 Å². The van der Waals surface area contributed by atoms with Crippen molar-refractivity contribution in [1.29, 1.82) is 0 Å². The third-order valence-corrected chi connectivity index (χ3v) is 4.99. The van der Waals surface area contributed by atoms with Gasteiger partial charge >= 0.3 is 0 Å². The zero-order valence-corrected chi connectivity index (χ0v) is 17.1. The van der Waals surface area contributed by atoms with Gasteiger partial charge in [0.2, 0.25) is 5.95 Å². The lowest BCUT2D eigenvalue weighted by atomic mass is 10.3. The maximum absolute atomic E-state index is 12.5. The van der Waals surface area contributed by atoms with Crippen molar-refractivity contribution >= 4 is 11.7 Å². The first kappa shape index (κ1) is 19.7. The Labute approximate surface area is 173 Å². The van der Waals surface area contributed by atoms with Crippen molar-refractivity contribution in [3.63, 3.8) is 0 Å². The average molecular weight is 409 g/mol. The van der Waals surface area contributed by atoms with Crippen molar-refractivity contribution in [2.45, 2.75) is 32.6 Å². The van der Waals surface area contributed by atoms with Crippen molar-refractivity contribution in [3.05, 3.63) is 57.6 Å². The van der Waals surface area contributed by atoms with Crippen molar-refractivity contribution in [3.8, 4) is 17.4 Å². The molecule has 30 heavy (non-hydrogen) atoms. The van der Waals surface area contributed by atoms with Gasteiger partial charge in [0.25, 0.3) is 11.5 Å². The monoisotopic (exact) mass is 409 g/mol. The smallest absolute Gasteiger partial charge is 0.263 e. The maximum atomic E-state index is 12.5. The largest absolute Gasteiger partial charge is 0.497 e. The molecule has 9 heteroatoms. The number of hydrogen-bond acceptors (Lipinski definition) is 6. The quantitative estimate of drug-likeness (QED) is 0.620. The normalized spacial score (nSPS) is 13.2. The van der Waals surface area contributed by atoms with Gasteiger partial charge in [-0.3, -0.25) is 14.6 Å². The Kier molecular flexibility index (Phi) is 5.26. The number of carbonyl (C=O) groups is 1. The summed E-state index contributed by atoms with van der Waals surface area (Å²) in [7, 11) is 1.57. The van der Waals surface area contributed by atoms with Gasteiger partial charge in [0.05, 0.1) is 12.8 Å². The number of aromatic amines is 1. The van der Waals surface area contributed by atoms with Gasteiger partial charge < -0.3 is 14.8 Å². The molecule has 4 rings (SSSR count). The Balaban J connectivity index is 1.54. The fraction of sp³-hybridized carbons (Fsp3) is 0.333. The van der Waals surface area contributed by atoms with Gasteiger partial charge in [-0.1, -0.05) is 6.07 Å². The molecule has 0 unspecified atom stereocenters. The molecule has 0 saturated heterocycles. The highest BCUT2D eigenvalue weighted by Crippen LogP contribution is 2.40. The number of anilines is 1. The Hall–Kier alpha value is -3.62. The first-order valence-electron chi connectivity index (χ1n) is 9.69. The third kappa shape index (κ3) is 4.19. The third-order valence-electron chi connectivity index (χ3n) is 4.99. The highest BCUT2D eigenvalue weighted by Gasteiger charge is 2.28. The molecule has 0 bridgehead atoms. The number of nitrogens with zero attached hydrogens (tertiary/aromatic N) is 3. The minimum atomic E-state index is -0.354. The van der Waals surface area contributed by atoms with E-state index in [1.165, 1.54) is 4.68 Å². The van der Waals surface area contributed by atoms with Crippen LogP contribution >= 0.6 is 0 Å². The molecule has 9 nitrogen and oxygen atoms in total. The minimum absolute atomic E-state index is 0.187. The van der Waals surface area contributed by atoms with E-state index < -0.39 is 0 Å². The predicted molar refractivity (Wildman–Crippen MR) is 111 cm³/mol. The first-order valence-corrected chi connectivity index (χ1v) is 9.69. The fourth-order valence-electron chi connectivity index (χ4n) is 2.98. The summed E-state index contributed by atoms with van der Waals surface area (Å²) < 4.78 is 12.2. The number of rotatable bonds is 7. The number of aryl methyl sites for hydroxylation is 1. The number of hydrogen-bond donors (Lipinski definition) is 2. The first-order chi connectivity index (χ1) is 14.4. The van der Waals surface area contributed by atoms with Crippen LogP contribution in [0.1, 0.15) is 35.7 Å². The Morgan fingerprint density at radius 2 is 2.03 bits per heavy atom.